The first-order valence-electron chi connectivity index (χ1n) is 7.36. The van der Waals surface area contributed by atoms with Crippen molar-refractivity contribution in [3.05, 3.63) is 35.9 Å². The molecule has 3 heteroatoms. The summed E-state index contributed by atoms with van der Waals surface area (Å²) in [5.74, 6) is 0.879. The number of benzene rings is 1. The standard InChI is InChI=1S/C17H24N2O/c1-13-6-9-16(10-7-13)19(2)17(20)11-8-14-4-3-5-15(18)12-14/h3-5,8,11-13,16H,6-7,9-10,18H2,1-2H3/b11-8+. The van der Waals surface area contributed by atoms with Crippen LogP contribution in [-0.4, -0.2) is 23.9 Å². The van der Waals surface area contributed by atoms with E-state index in [-0.39, 0.29) is 5.91 Å². The second-order valence-electron chi connectivity index (χ2n) is 5.87. The number of hydrogen-bond acceptors (Lipinski definition) is 2. The molecular formula is C17H24N2O. The van der Waals surface area contributed by atoms with Crippen LogP contribution in [0, 0.1) is 5.92 Å². The maximum absolute atomic E-state index is 12.2. The minimum absolute atomic E-state index is 0.0759. The van der Waals surface area contributed by atoms with Crippen LogP contribution < -0.4 is 5.73 Å². The van der Waals surface area contributed by atoms with Crippen molar-refractivity contribution in [2.24, 2.45) is 5.92 Å². The van der Waals surface area contributed by atoms with Crippen LogP contribution in [0.1, 0.15) is 38.2 Å². The Kier molecular flexibility index (Phi) is 4.83. The molecule has 2 N–H and O–H groups in total. The molecule has 0 atom stereocenters. The molecule has 0 unspecified atom stereocenters. The quantitative estimate of drug-likeness (QED) is 0.677. The molecule has 1 aromatic carbocycles. The first-order chi connectivity index (χ1) is 9.56. The second kappa shape index (κ2) is 6.60. The summed E-state index contributed by atoms with van der Waals surface area (Å²) in [5, 5.41) is 0. The fourth-order valence-corrected chi connectivity index (χ4v) is 2.76. The van der Waals surface area contributed by atoms with Crippen molar-refractivity contribution < 1.29 is 4.79 Å². The normalized spacial score (nSPS) is 22.9. The van der Waals surface area contributed by atoms with E-state index in [2.05, 4.69) is 6.92 Å². The molecule has 0 saturated heterocycles. The van der Waals surface area contributed by atoms with Crippen LogP contribution >= 0.6 is 0 Å². The van der Waals surface area contributed by atoms with Crippen molar-refractivity contribution in [1.82, 2.24) is 4.90 Å². The summed E-state index contributed by atoms with van der Waals surface area (Å²) in [5.41, 5.74) is 7.40. The highest BCUT2D eigenvalue weighted by molar-refractivity contribution is 5.91. The van der Waals surface area contributed by atoms with E-state index < -0.39 is 0 Å². The lowest BCUT2D eigenvalue weighted by atomic mass is 9.87. The Bertz CT molecular complexity index is 488. The van der Waals surface area contributed by atoms with E-state index in [1.807, 2.05) is 42.3 Å². The van der Waals surface area contributed by atoms with E-state index in [1.165, 1.54) is 12.8 Å². The number of hydrogen-bond donors (Lipinski definition) is 1. The van der Waals surface area contributed by atoms with Crippen LogP contribution in [0.4, 0.5) is 5.69 Å². The molecule has 0 heterocycles. The number of nitrogens with two attached hydrogens (primary N) is 1. The predicted octanol–water partition coefficient (Wildman–Crippen LogP) is 3.32. The highest BCUT2D eigenvalue weighted by Gasteiger charge is 2.23. The van der Waals surface area contributed by atoms with Crippen molar-refractivity contribution in [2.45, 2.75) is 38.6 Å². The zero-order valence-corrected chi connectivity index (χ0v) is 12.4. The molecule has 0 bridgehead atoms. The SMILES string of the molecule is CC1CCC(N(C)C(=O)/C=C/c2cccc(N)c2)CC1. The fraction of sp³-hybridized carbons (Fsp3) is 0.471. The van der Waals surface area contributed by atoms with Crippen LogP contribution in [0.15, 0.2) is 30.3 Å². The Morgan fingerprint density at radius 3 is 2.65 bits per heavy atom. The smallest absolute Gasteiger partial charge is 0.246 e. The number of anilines is 1. The van der Waals surface area contributed by atoms with Gasteiger partial charge in [-0.15, -0.1) is 0 Å². The van der Waals surface area contributed by atoms with Gasteiger partial charge in [-0.05, 0) is 55.4 Å². The number of nitrogen functional groups attached to an aromatic ring is 1. The number of nitrogens with zero attached hydrogens (tertiary/aromatic N) is 1. The summed E-state index contributed by atoms with van der Waals surface area (Å²) in [7, 11) is 1.91. The Labute approximate surface area is 121 Å². The molecule has 1 amide bonds. The van der Waals surface area contributed by atoms with Gasteiger partial charge in [0, 0.05) is 24.9 Å². The summed E-state index contributed by atoms with van der Waals surface area (Å²) < 4.78 is 0. The molecule has 20 heavy (non-hydrogen) atoms. The molecule has 0 aliphatic heterocycles. The van der Waals surface area contributed by atoms with Crippen molar-refractivity contribution in [3.8, 4) is 0 Å². The molecule has 2 rings (SSSR count). The van der Waals surface area contributed by atoms with Gasteiger partial charge in [-0.25, -0.2) is 0 Å². The van der Waals surface area contributed by atoms with E-state index in [4.69, 9.17) is 5.73 Å². The lowest BCUT2D eigenvalue weighted by Gasteiger charge is -2.33. The van der Waals surface area contributed by atoms with E-state index in [0.717, 1.165) is 24.3 Å². The average molecular weight is 272 g/mol. The van der Waals surface area contributed by atoms with Gasteiger partial charge in [-0.1, -0.05) is 19.1 Å². The van der Waals surface area contributed by atoms with E-state index in [9.17, 15) is 4.79 Å². The van der Waals surface area contributed by atoms with Crippen molar-refractivity contribution in [2.75, 3.05) is 12.8 Å². The molecule has 0 aromatic heterocycles. The minimum Gasteiger partial charge on any atom is -0.399 e. The monoisotopic (exact) mass is 272 g/mol. The van der Waals surface area contributed by atoms with Gasteiger partial charge >= 0.3 is 0 Å². The first-order valence-corrected chi connectivity index (χ1v) is 7.36. The number of likely N-dealkylation sites (N-methyl/N-ethyl adjacent to an activating group) is 1. The summed E-state index contributed by atoms with van der Waals surface area (Å²) in [6, 6.07) is 7.94. The fourth-order valence-electron chi connectivity index (χ4n) is 2.76. The van der Waals surface area contributed by atoms with Crippen molar-refractivity contribution in [1.29, 1.82) is 0 Å². The molecule has 3 nitrogen and oxygen atoms in total. The van der Waals surface area contributed by atoms with Crippen LogP contribution in [0.3, 0.4) is 0 Å². The van der Waals surface area contributed by atoms with Gasteiger partial charge in [-0.2, -0.15) is 0 Å². The number of carbonyl (C=O) groups excluding carboxylic acids is 1. The molecular weight excluding hydrogens is 248 g/mol. The van der Waals surface area contributed by atoms with Gasteiger partial charge < -0.3 is 10.6 Å². The van der Waals surface area contributed by atoms with Crippen LogP contribution in [0.25, 0.3) is 6.08 Å². The largest absolute Gasteiger partial charge is 0.399 e. The zero-order chi connectivity index (χ0) is 14.5. The average Bonchev–Trinajstić information content (AvgIpc) is 2.45. The van der Waals surface area contributed by atoms with E-state index >= 15 is 0 Å². The third-order valence-electron chi connectivity index (χ3n) is 4.21. The lowest BCUT2D eigenvalue weighted by Crippen LogP contribution is -2.38. The number of rotatable bonds is 3. The van der Waals surface area contributed by atoms with Crippen LogP contribution in [0.5, 0.6) is 0 Å². The van der Waals surface area contributed by atoms with Gasteiger partial charge in [0.2, 0.25) is 5.91 Å². The maximum Gasteiger partial charge on any atom is 0.246 e. The second-order valence-corrected chi connectivity index (χ2v) is 5.87. The molecule has 0 spiro atoms. The first kappa shape index (κ1) is 14.6. The zero-order valence-electron chi connectivity index (χ0n) is 12.4. The summed E-state index contributed by atoms with van der Waals surface area (Å²) in [6.07, 6.45) is 8.17. The number of amides is 1. The molecule has 1 saturated carbocycles. The summed E-state index contributed by atoms with van der Waals surface area (Å²) in [6.45, 7) is 2.29. The lowest BCUT2D eigenvalue weighted by molar-refractivity contribution is -0.127. The van der Waals surface area contributed by atoms with Gasteiger partial charge in [0.15, 0.2) is 0 Å². The molecule has 1 fully saturated rings. The summed E-state index contributed by atoms with van der Waals surface area (Å²) >= 11 is 0. The van der Waals surface area contributed by atoms with Crippen LogP contribution in [0.2, 0.25) is 0 Å². The van der Waals surface area contributed by atoms with Gasteiger partial charge in [0.05, 0.1) is 0 Å². The minimum atomic E-state index is 0.0759. The Hall–Kier alpha value is -1.77. The topological polar surface area (TPSA) is 46.3 Å². The Balaban J connectivity index is 1.94. The van der Waals surface area contributed by atoms with Gasteiger partial charge in [0.25, 0.3) is 0 Å². The third-order valence-corrected chi connectivity index (χ3v) is 4.21. The molecule has 0 radical (unpaired) electrons. The van der Waals surface area contributed by atoms with Crippen molar-refractivity contribution >= 4 is 17.7 Å². The van der Waals surface area contributed by atoms with Crippen molar-refractivity contribution in [3.63, 3.8) is 0 Å². The Morgan fingerprint density at radius 2 is 2.00 bits per heavy atom. The van der Waals surface area contributed by atoms with E-state index in [0.29, 0.717) is 11.7 Å². The van der Waals surface area contributed by atoms with E-state index in [1.54, 1.807) is 6.08 Å². The van der Waals surface area contributed by atoms with Crippen LogP contribution in [-0.2, 0) is 4.79 Å². The summed E-state index contributed by atoms with van der Waals surface area (Å²) in [4.78, 5) is 14.1. The Morgan fingerprint density at radius 1 is 1.30 bits per heavy atom. The highest BCUT2D eigenvalue weighted by atomic mass is 16.2. The highest BCUT2D eigenvalue weighted by Crippen LogP contribution is 2.26. The number of carbonyl (C=O) groups is 1. The maximum atomic E-state index is 12.2. The molecule has 1 aliphatic rings. The molecule has 1 aromatic rings. The molecule has 108 valence electrons. The predicted molar refractivity (Wildman–Crippen MR) is 84.1 cm³/mol. The van der Waals surface area contributed by atoms with Gasteiger partial charge in [-0.3, -0.25) is 4.79 Å². The molecule has 1 aliphatic carbocycles. The third kappa shape index (κ3) is 3.86. The van der Waals surface area contributed by atoms with Gasteiger partial charge in [0.1, 0.15) is 0 Å².